The van der Waals surface area contributed by atoms with Gasteiger partial charge in [-0.25, -0.2) is 9.97 Å². The Morgan fingerprint density at radius 1 is 0.410 bits per heavy atom. The first-order chi connectivity index (χ1) is 30.0. The molecule has 61 heavy (non-hydrogen) atoms. The summed E-state index contributed by atoms with van der Waals surface area (Å²) >= 11 is 1.91. The van der Waals surface area contributed by atoms with Gasteiger partial charge in [0.15, 0.2) is 5.82 Å². The van der Waals surface area contributed by atoms with Crippen LogP contribution in [0.1, 0.15) is 58.4 Å². The summed E-state index contributed by atoms with van der Waals surface area (Å²) in [5.41, 5.74) is 19.2. The second kappa shape index (κ2) is 13.7. The molecule has 3 heterocycles. The molecule has 2 aliphatic carbocycles. The minimum atomic E-state index is -0.625. The number of hydrogen-bond acceptors (Lipinski definition) is 4. The largest absolute Gasteiger partial charge is 0.264 e. The van der Waals surface area contributed by atoms with Crippen LogP contribution in [0, 0.1) is 0 Å². The van der Waals surface area contributed by atoms with Gasteiger partial charge >= 0.3 is 0 Å². The van der Waals surface area contributed by atoms with E-state index in [0.717, 1.165) is 39.2 Å². The van der Waals surface area contributed by atoms with Crippen molar-refractivity contribution in [2.75, 3.05) is 0 Å². The molecule has 0 saturated carbocycles. The fraction of sp³-hybridized carbons (Fsp3) is 0.0702. The van der Waals surface area contributed by atoms with Gasteiger partial charge in [0.1, 0.15) is 0 Å². The molecular formula is C57H39N3S. The van der Waals surface area contributed by atoms with E-state index >= 15 is 0 Å². The van der Waals surface area contributed by atoms with Gasteiger partial charge in [0, 0.05) is 44.3 Å². The van der Waals surface area contributed by atoms with E-state index in [2.05, 4.69) is 195 Å². The molecule has 1 unspecified atom stereocenters. The molecule has 1 spiro atoms. The molecule has 3 nitrogen and oxygen atoms in total. The van der Waals surface area contributed by atoms with Crippen molar-refractivity contribution in [3.8, 4) is 56.2 Å². The highest BCUT2D eigenvalue weighted by Crippen LogP contribution is 2.61. The topological polar surface area (TPSA) is 38.7 Å². The molecule has 0 radical (unpaired) electrons. The molecule has 0 bridgehead atoms. The highest BCUT2D eigenvalue weighted by Gasteiger charge is 2.48. The minimum absolute atomic E-state index is 0.111. The Hall–Kier alpha value is -7.14. The van der Waals surface area contributed by atoms with Crippen LogP contribution in [-0.4, -0.2) is 15.0 Å². The fourth-order valence-corrected chi connectivity index (χ4v) is 11.3. The zero-order valence-corrected chi connectivity index (χ0v) is 34.6. The average Bonchev–Trinajstić information content (AvgIpc) is 3.44. The van der Waals surface area contributed by atoms with Gasteiger partial charge in [0.05, 0.1) is 16.8 Å². The van der Waals surface area contributed by atoms with E-state index < -0.39 is 5.41 Å². The van der Waals surface area contributed by atoms with E-state index in [1.54, 1.807) is 6.20 Å². The van der Waals surface area contributed by atoms with E-state index in [-0.39, 0.29) is 5.41 Å². The summed E-state index contributed by atoms with van der Waals surface area (Å²) in [6, 6.07) is 64.3. The summed E-state index contributed by atoms with van der Waals surface area (Å²) < 4.78 is 0. The van der Waals surface area contributed by atoms with Gasteiger partial charge in [-0.1, -0.05) is 177 Å². The SMILES string of the molecule is CC1(C)c2ccccc2-c2cc3c(cc21)Sc1ccccc1C31c2ccccc2C=Cc2ccc(-c3cc(-c4ccc(-c5cccnc5)cc4)nc(-c4ccccc4)n3)cc21. The molecule has 3 aliphatic rings. The van der Waals surface area contributed by atoms with Gasteiger partial charge < -0.3 is 0 Å². The standard InChI is InChI=1S/C57H39N3S/c1-56(2)46-19-9-7-17-43(46)44-32-50-54(33-49(44)56)61-53-21-11-10-20-47(53)57(50)45-18-8-6-13-37(45)24-25-38-26-29-41(31-48(38)57)52-34-51(59-55(60-52)40-14-4-3-5-15-40)39-27-22-36(23-28-39)42-16-12-30-58-35-42/h3-35H,1-2H3. The van der Waals surface area contributed by atoms with Crippen LogP contribution in [0.5, 0.6) is 0 Å². The van der Waals surface area contributed by atoms with Crippen molar-refractivity contribution in [2.45, 2.75) is 34.5 Å². The number of rotatable bonds is 4. The number of benzene rings is 7. The Morgan fingerprint density at radius 2 is 1.07 bits per heavy atom. The van der Waals surface area contributed by atoms with E-state index in [9.17, 15) is 0 Å². The molecule has 7 aromatic carbocycles. The molecular weight excluding hydrogens is 759 g/mol. The van der Waals surface area contributed by atoms with Crippen molar-refractivity contribution < 1.29 is 0 Å². The molecule has 0 saturated heterocycles. The van der Waals surface area contributed by atoms with Crippen LogP contribution >= 0.6 is 11.8 Å². The summed E-state index contributed by atoms with van der Waals surface area (Å²) in [5, 5.41) is 0. The van der Waals surface area contributed by atoms with Crippen LogP contribution in [0.25, 0.3) is 68.3 Å². The minimum Gasteiger partial charge on any atom is -0.264 e. The van der Waals surface area contributed by atoms with Crippen LogP contribution in [0.4, 0.5) is 0 Å². The lowest BCUT2D eigenvalue weighted by Gasteiger charge is -2.43. The Labute approximate surface area is 360 Å². The fourth-order valence-electron chi connectivity index (χ4n) is 10.1. The van der Waals surface area contributed by atoms with E-state index in [0.29, 0.717) is 5.82 Å². The highest BCUT2D eigenvalue weighted by atomic mass is 32.2. The number of nitrogens with zero attached hydrogens (tertiary/aromatic N) is 3. The van der Waals surface area contributed by atoms with Crippen molar-refractivity contribution in [1.29, 1.82) is 0 Å². The number of aromatic nitrogens is 3. The van der Waals surface area contributed by atoms with Gasteiger partial charge in [-0.05, 0) is 103 Å². The van der Waals surface area contributed by atoms with Crippen molar-refractivity contribution in [2.24, 2.45) is 0 Å². The van der Waals surface area contributed by atoms with Crippen molar-refractivity contribution in [3.05, 3.63) is 233 Å². The summed E-state index contributed by atoms with van der Waals surface area (Å²) in [6.07, 6.45) is 8.33. The lowest BCUT2D eigenvalue weighted by atomic mass is 9.62. The quantitative estimate of drug-likeness (QED) is 0.178. The van der Waals surface area contributed by atoms with Crippen molar-refractivity contribution >= 4 is 23.9 Å². The average molecular weight is 798 g/mol. The maximum Gasteiger partial charge on any atom is 0.160 e. The summed E-state index contributed by atoms with van der Waals surface area (Å²) in [7, 11) is 0. The number of pyridine rings is 1. The first-order valence-corrected chi connectivity index (χ1v) is 21.7. The molecule has 2 aromatic heterocycles. The van der Waals surface area contributed by atoms with Gasteiger partial charge in [-0.15, -0.1) is 0 Å². The van der Waals surface area contributed by atoms with Crippen LogP contribution in [0.2, 0.25) is 0 Å². The molecule has 0 fully saturated rings. The highest BCUT2D eigenvalue weighted by molar-refractivity contribution is 7.99. The zero-order valence-electron chi connectivity index (χ0n) is 33.8. The zero-order chi connectivity index (χ0) is 40.7. The van der Waals surface area contributed by atoms with Gasteiger partial charge in [-0.2, -0.15) is 0 Å². The van der Waals surface area contributed by atoms with Crippen molar-refractivity contribution in [1.82, 2.24) is 15.0 Å². The van der Waals surface area contributed by atoms with Crippen LogP contribution < -0.4 is 0 Å². The first-order valence-electron chi connectivity index (χ1n) is 20.9. The van der Waals surface area contributed by atoms with Crippen LogP contribution in [0.15, 0.2) is 198 Å². The molecule has 1 atom stereocenters. The monoisotopic (exact) mass is 797 g/mol. The second-order valence-corrected chi connectivity index (χ2v) is 17.9. The molecule has 288 valence electrons. The second-order valence-electron chi connectivity index (χ2n) is 16.8. The number of fused-ring (bicyclic) bond motifs is 11. The third-order valence-corrected chi connectivity index (χ3v) is 14.2. The molecule has 12 rings (SSSR count). The predicted octanol–water partition coefficient (Wildman–Crippen LogP) is 14.2. The molecule has 1 aliphatic heterocycles. The van der Waals surface area contributed by atoms with E-state index in [4.69, 9.17) is 9.97 Å². The molecule has 0 N–H and O–H groups in total. The summed E-state index contributed by atoms with van der Waals surface area (Å²) in [6.45, 7) is 4.75. The van der Waals surface area contributed by atoms with Gasteiger partial charge in [0.25, 0.3) is 0 Å². The Morgan fingerprint density at radius 3 is 1.87 bits per heavy atom. The molecule has 0 amide bonds. The Kier molecular flexibility index (Phi) is 8.04. The summed E-state index contributed by atoms with van der Waals surface area (Å²) in [5.74, 6) is 0.695. The summed E-state index contributed by atoms with van der Waals surface area (Å²) in [4.78, 5) is 17.5. The smallest absolute Gasteiger partial charge is 0.160 e. The molecule has 4 heteroatoms. The maximum atomic E-state index is 5.35. The van der Waals surface area contributed by atoms with Gasteiger partial charge in [0.2, 0.25) is 0 Å². The number of hydrogen-bond donors (Lipinski definition) is 0. The Bertz CT molecular complexity index is 3240. The lowest BCUT2D eigenvalue weighted by molar-refractivity contribution is 0.653. The van der Waals surface area contributed by atoms with E-state index in [1.165, 1.54) is 65.4 Å². The third-order valence-electron chi connectivity index (χ3n) is 13.1. The van der Waals surface area contributed by atoms with Crippen LogP contribution in [0.3, 0.4) is 0 Å². The molecule has 9 aromatic rings. The van der Waals surface area contributed by atoms with E-state index in [1.807, 2.05) is 30.1 Å². The third kappa shape index (κ3) is 5.49. The predicted molar refractivity (Wildman–Crippen MR) is 250 cm³/mol. The van der Waals surface area contributed by atoms with Crippen molar-refractivity contribution in [3.63, 3.8) is 0 Å². The van der Waals surface area contributed by atoms with Crippen LogP contribution in [-0.2, 0) is 10.8 Å². The van der Waals surface area contributed by atoms with Gasteiger partial charge in [-0.3, -0.25) is 4.98 Å². The normalized spacial score (nSPS) is 16.1. The Balaban J connectivity index is 1.12. The first kappa shape index (κ1) is 35.8. The maximum absolute atomic E-state index is 5.35. The lowest BCUT2D eigenvalue weighted by Crippen LogP contribution is -2.35.